The van der Waals surface area contributed by atoms with Gasteiger partial charge in [0.25, 0.3) is 0 Å². The number of halogens is 1. The maximum Gasteiger partial charge on any atom is 0.133 e. The topological polar surface area (TPSA) is 38.9 Å². The minimum atomic E-state index is -0.226. The zero-order valence-corrected chi connectivity index (χ0v) is 10.8. The van der Waals surface area contributed by atoms with Gasteiger partial charge in [0.15, 0.2) is 0 Å². The molecule has 0 saturated carbocycles. The molecule has 4 heteroatoms. The Morgan fingerprint density at radius 3 is 2.76 bits per heavy atom. The van der Waals surface area contributed by atoms with E-state index in [4.69, 9.17) is 5.73 Å². The summed E-state index contributed by atoms with van der Waals surface area (Å²) in [7, 11) is 0. The lowest BCUT2D eigenvalue weighted by Gasteiger charge is -2.00. The van der Waals surface area contributed by atoms with Crippen molar-refractivity contribution in [2.45, 2.75) is 26.8 Å². The molecule has 0 fully saturated rings. The largest absolute Gasteiger partial charge is 0.326 e. The maximum absolute atomic E-state index is 13.7. The minimum Gasteiger partial charge on any atom is -0.326 e. The van der Waals surface area contributed by atoms with E-state index in [1.165, 1.54) is 17.4 Å². The summed E-state index contributed by atoms with van der Waals surface area (Å²) in [6.07, 6.45) is 0.830. The van der Waals surface area contributed by atoms with Gasteiger partial charge in [-0.1, -0.05) is 18.6 Å². The number of hydrogen-bond acceptors (Lipinski definition) is 3. The molecule has 0 bridgehead atoms. The summed E-state index contributed by atoms with van der Waals surface area (Å²) in [6, 6.07) is 5.07. The van der Waals surface area contributed by atoms with Crippen LogP contribution in [0.2, 0.25) is 0 Å². The van der Waals surface area contributed by atoms with Crippen LogP contribution in [-0.2, 0) is 13.0 Å². The van der Waals surface area contributed by atoms with Crippen molar-refractivity contribution in [3.63, 3.8) is 0 Å². The van der Waals surface area contributed by atoms with Crippen LogP contribution in [0.25, 0.3) is 10.6 Å². The summed E-state index contributed by atoms with van der Waals surface area (Å²) in [5.41, 5.74) is 8.25. The lowest BCUT2D eigenvalue weighted by atomic mass is 10.1. The molecule has 17 heavy (non-hydrogen) atoms. The van der Waals surface area contributed by atoms with Gasteiger partial charge in [0.1, 0.15) is 10.8 Å². The Balaban J connectivity index is 2.52. The van der Waals surface area contributed by atoms with E-state index < -0.39 is 0 Å². The minimum absolute atomic E-state index is 0.226. The second kappa shape index (κ2) is 4.94. The average molecular weight is 250 g/mol. The number of nitrogens with zero attached hydrogens (tertiary/aromatic N) is 1. The van der Waals surface area contributed by atoms with Gasteiger partial charge >= 0.3 is 0 Å². The lowest BCUT2D eigenvalue weighted by Crippen LogP contribution is -1.96. The molecule has 0 radical (unpaired) electrons. The van der Waals surface area contributed by atoms with Gasteiger partial charge in [-0.05, 0) is 25.5 Å². The van der Waals surface area contributed by atoms with E-state index in [-0.39, 0.29) is 5.82 Å². The molecule has 90 valence electrons. The Morgan fingerprint density at radius 1 is 1.41 bits per heavy atom. The maximum atomic E-state index is 13.7. The first-order chi connectivity index (χ1) is 8.15. The van der Waals surface area contributed by atoms with E-state index in [1.54, 1.807) is 6.07 Å². The van der Waals surface area contributed by atoms with Crippen LogP contribution in [-0.4, -0.2) is 4.98 Å². The van der Waals surface area contributed by atoms with E-state index in [1.807, 2.05) is 19.9 Å². The Bertz CT molecular complexity index is 513. The van der Waals surface area contributed by atoms with Gasteiger partial charge in [0.05, 0.1) is 5.69 Å². The quantitative estimate of drug-likeness (QED) is 0.908. The molecule has 0 spiro atoms. The highest BCUT2D eigenvalue weighted by atomic mass is 32.1. The van der Waals surface area contributed by atoms with Gasteiger partial charge in [0, 0.05) is 17.0 Å². The first-order valence-electron chi connectivity index (χ1n) is 5.60. The summed E-state index contributed by atoms with van der Waals surface area (Å²) >= 11 is 1.48. The Morgan fingerprint density at radius 2 is 2.18 bits per heavy atom. The Kier molecular flexibility index (Phi) is 3.54. The fourth-order valence-corrected chi connectivity index (χ4v) is 2.78. The molecule has 0 amide bonds. The highest BCUT2D eigenvalue weighted by Gasteiger charge is 2.13. The van der Waals surface area contributed by atoms with Crippen LogP contribution >= 0.6 is 11.3 Å². The molecule has 0 aliphatic heterocycles. The summed E-state index contributed by atoms with van der Waals surface area (Å²) in [4.78, 5) is 5.52. The van der Waals surface area contributed by atoms with E-state index in [9.17, 15) is 4.39 Å². The van der Waals surface area contributed by atoms with Crippen molar-refractivity contribution in [3.05, 3.63) is 40.2 Å². The zero-order chi connectivity index (χ0) is 12.4. The van der Waals surface area contributed by atoms with Gasteiger partial charge in [-0.15, -0.1) is 11.3 Å². The zero-order valence-electron chi connectivity index (χ0n) is 9.96. The van der Waals surface area contributed by atoms with Crippen LogP contribution in [0.3, 0.4) is 0 Å². The van der Waals surface area contributed by atoms with Gasteiger partial charge in [0.2, 0.25) is 0 Å². The predicted octanol–water partition coefficient (Wildman–Crippen LogP) is 3.28. The Hall–Kier alpha value is -1.26. The van der Waals surface area contributed by atoms with Crippen molar-refractivity contribution in [3.8, 4) is 10.6 Å². The van der Waals surface area contributed by atoms with Crippen LogP contribution in [0.15, 0.2) is 18.2 Å². The van der Waals surface area contributed by atoms with Crippen molar-refractivity contribution in [1.82, 2.24) is 4.98 Å². The molecule has 0 unspecified atom stereocenters. The number of nitrogens with two attached hydrogens (primary N) is 1. The molecule has 2 rings (SSSR count). The fraction of sp³-hybridized carbons (Fsp3) is 0.308. The van der Waals surface area contributed by atoms with Crippen molar-refractivity contribution in [2.24, 2.45) is 5.73 Å². The molecular weight excluding hydrogens is 235 g/mol. The van der Waals surface area contributed by atoms with E-state index >= 15 is 0 Å². The third kappa shape index (κ3) is 2.37. The van der Waals surface area contributed by atoms with E-state index in [0.29, 0.717) is 12.1 Å². The van der Waals surface area contributed by atoms with E-state index in [0.717, 1.165) is 27.6 Å². The molecule has 0 saturated heterocycles. The normalized spacial score (nSPS) is 10.8. The first kappa shape index (κ1) is 12.2. The van der Waals surface area contributed by atoms with Gasteiger partial charge in [-0.2, -0.15) is 0 Å². The number of hydrogen-bond donors (Lipinski definition) is 1. The number of aromatic nitrogens is 1. The monoisotopic (exact) mass is 250 g/mol. The molecule has 1 heterocycles. The van der Waals surface area contributed by atoms with Gasteiger partial charge in [-0.25, -0.2) is 9.37 Å². The van der Waals surface area contributed by atoms with Crippen molar-refractivity contribution < 1.29 is 4.39 Å². The molecule has 0 aliphatic rings. The third-order valence-electron chi connectivity index (χ3n) is 2.65. The van der Waals surface area contributed by atoms with Crippen molar-refractivity contribution >= 4 is 11.3 Å². The highest BCUT2D eigenvalue weighted by molar-refractivity contribution is 7.15. The first-order valence-corrected chi connectivity index (χ1v) is 6.42. The van der Waals surface area contributed by atoms with Crippen LogP contribution in [0.4, 0.5) is 4.39 Å². The molecule has 1 aromatic carbocycles. The second-order valence-corrected chi connectivity index (χ2v) is 5.01. The number of benzene rings is 1. The molecule has 2 N–H and O–H groups in total. The van der Waals surface area contributed by atoms with Gasteiger partial charge < -0.3 is 5.73 Å². The van der Waals surface area contributed by atoms with Crippen LogP contribution in [0.1, 0.15) is 23.1 Å². The third-order valence-corrected chi connectivity index (χ3v) is 3.80. The summed E-state index contributed by atoms with van der Waals surface area (Å²) < 4.78 is 13.7. The lowest BCUT2D eigenvalue weighted by molar-refractivity contribution is 0.630. The number of aryl methyl sites for hydroxylation is 2. The van der Waals surface area contributed by atoms with E-state index in [2.05, 4.69) is 4.98 Å². The number of thiazole rings is 1. The molecule has 2 nitrogen and oxygen atoms in total. The fourth-order valence-electron chi connectivity index (χ4n) is 1.74. The van der Waals surface area contributed by atoms with Crippen LogP contribution in [0.5, 0.6) is 0 Å². The summed E-state index contributed by atoms with van der Waals surface area (Å²) in [5, 5.41) is 0.725. The number of rotatable bonds is 3. The van der Waals surface area contributed by atoms with Crippen molar-refractivity contribution in [2.75, 3.05) is 0 Å². The Labute approximate surface area is 104 Å². The average Bonchev–Trinajstić information content (AvgIpc) is 2.75. The highest BCUT2D eigenvalue weighted by Crippen LogP contribution is 2.30. The van der Waals surface area contributed by atoms with Crippen LogP contribution < -0.4 is 5.73 Å². The standard InChI is InChI=1S/C13H15FN2S/c1-3-11-12(7-15)17-13(16-11)9-6-8(2)4-5-10(9)14/h4-6H,3,7,15H2,1-2H3. The predicted molar refractivity (Wildman–Crippen MR) is 69.5 cm³/mol. The molecular formula is C13H15FN2S. The second-order valence-electron chi connectivity index (χ2n) is 3.93. The SMILES string of the molecule is CCc1nc(-c2cc(C)ccc2F)sc1CN. The molecule has 0 atom stereocenters. The molecule has 1 aromatic heterocycles. The summed E-state index contributed by atoms with van der Waals surface area (Å²) in [6.45, 7) is 4.44. The summed E-state index contributed by atoms with van der Waals surface area (Å²) in [5.74, 6) is -0.226. The van der Waals surface area contributed by atoms with Gasteiger partial charge in [-0.3, -0.25) is 0 Å². The van der Waals surface area contributed by atoms with Crippen molar-refractivity contribution in [1.29, 1.82) is 0 Å². The molecule has 2 aromatic rings. The van der Waals surface area contributed by atoms with Crippen LogP contribution in [0, 0.1) is 12.7 Å². The molecule has 0 aliphatic carbocycles. The smallest absolute Gasteiger partial charge is 0.133 e.